The van der Waals surface area contributed by atoms with E-state index in [1.165, 1.54) is 19.1 Å². The zero-order valence-corrected chi connectivity index (χ0v) is 12.4. The van der Waals surface area contributed by atoms with E-state index in [0.717, 1.165) is 0 Å². The number of aliphatic hydroxyl groups is 1. The molecule has 0 bridgehead atoms. The average Bonchev–Trinajstić information content (AvgIpc) is 2.30. The average molecular weight is 331 g/mol. The Morgan fingerprint density at radius 1 is 1.53 bits per heavy atom. The maximum atomic E-state index is 11.3. The third kappa shape index (κ3) is 3.74. The van der Waals surface area contributed by atoms with Gasteiger partial charge in [-0.05, 0) is 42.8 Å². The van der Waals surface area contributed by atoms with E-state index < -0.39 is 10.5 Å². The van der Waals surface area contributed by atoms with Gasteiger partial charge in [-0.3, -0.25) is 14.9 Å². The van der Waals surface area contributed by atoms with Gasteiger partial charge in [0.15, 0.2) is 5.78 Å². The highest BCUT2D eigenvalue weighted by Crippen LogP contribution is 2.36. The van der Waals surface area contributed by atoms with Crippen LogP contribution in [0.3, 0.4) is 0 Å². The summed E-state index contributed by atoms with van der Waals surface area (Å²) in [5.74, 6) is -0.253. The lowest BCUT2D eigenvalue weighted by atomic mass is 10.0. The van der Waals surface area contributed by atoms with Gasteiger partial charge in [-0.25, -0.2) is 0 Å². The molecule has 0 saturated carbocycles. The van der Waals surface area contributed by atoms with Gasteiger partial charge in [0, 0.05) is 16.1 Å². The van der Waals surface area contributed by atoms with Crippen molar-refractivity contribution < 1.29 is 14.8 Å². The van der Waals surface area contributed by atoms with Crippen molar-refractivity contribution in [2.24, 2.45) is 0 Å². The number of aliphatic hydroxyl groups excluding tert-OH is 1. The largest absolute Gasteiger partial charge is 0.394 e. The summed E-state index contributed by atoms with van der Waals surface area (Å²) in [6.45, 7) is 4.57. The summed E-state index contributed by atoms with van der Waals surface area (Å²) >= 11 is 3.22. The van der Waals surface area contributed by atoms with Crippen LogP contribution in [0.4, 0.5) is 11.4 Å². The van der Waals surface area contributed by atoms with Gasteiger partial charge in [-0.2, -0.15) is 0 Å². The molecule has 0 heterocycles. The molecule has 1 aromatic carbocycles. The van der Waals surface area contributed by atoms with E-state index in [-0.39, 0.29) is 29.3 Å². The minimum atomic E-state index is -0.717. The molecule has 0 aliphatic heterocycles. The highest BCUT2D eigenvalue weighted by atomic mass is 79.9. The third-order valence-electron chi connectivity index (χ3n) is 2.53. The number of nitrogens with one attached hydrogen (secondary N) is 1. The fourth-order valence-corrected chi connectivity index (χ4v) is 1.99. The summed E-state index contributed by atoms with van der Waals surface area (Å²) in [5, 5.41) is 23.2. The molecule has 0 aliphatic carbocycles. The molecule has 0 radical (unpaired) electrons. The van der Waals surface area contributed by atoms with Crippen LogP contribution in [0.15, 0.2) is 16.6 Å². The van der Waals surface area contributed by atoms with Gasteiger partial charge in [0.2, 0.25) is 0 Å². The molecule has 0 atom stereocenters. The summed E-state index contributed by atoms with van der Waals surface area (Å²) in [6, 6.07) is 2.74. The third-order valence-corrected chi connectivity index (χ3v) is 3.16. The maximum Gasteiger partial charge on any atom is 0.294 e. The van der Waals surface area contributed by atoms with E-state index in [4.69, 9.17) is 0 Å². The number of carbonyl (C=O) groups excluding carboxylic acids is 1. The molecule has 19 heavy (non-hydrogen) atoms. The summed E-state index contributed by atoms with van der Waals surface area (Å²) in [4.78, 5) is 21.9. The van der Waals surface area contributed by atoms with Crippen LogP contribution in [0.5, 0.6) is 0 Å². The second-order valence-corrected chi connectivity index (χ2v) is 5.69. The molecule has 6 nitrogen and oxygen atoms in total. The first-order valence-corrected chi connectivity index (χ1v) is 6.35. The molecule has 2 N–H and O–H groups in total. The van der Waals surface area contributed by atoms with Crippen LogP contribution in [0, 0.1) is 10.1 Å². The SMILES string of the molecule is CC(=O)c1cc(Br)c(NC(C)(C)CO)c([N+](=O)[O-])c1. The first-order chi connectivity index (χ1) is 8.68. The number of halogens is 1. The normalized spacial score (nSPS) is 11.2. The van der Waals surface area contributed by atoms with Crippen molar-refractivity contribution in [2.45, 2.75) is 26.3 Å². The van der Waals surface area contributed by atoms with E-state index in [1.807, 2.05) is 0 Å². The number of Topliss-reactive ketones (excluding diaryl/α,β-unsaturated/α-hetero) is 1. The number of nitro groups is 1. The summed E-state index contributed by atoms with van der Waals surface area (Å²) in [7, 11) is 0. The van der Waals surface area contributed by atoms with Crippen LogP contribution in [0.1, 0.15) is 31.1 Å². The van der Waals surface area contributed by atoms with Crippen LogP contribution in [0.2, 0.25) is 0 Å². The molecule has 0 aromatic heterocycles. The standard InChI is InChI=1S/C12H15BrN2O4/c1-7(17)8-4-9(13)11(10(5-8)15(18)19)14-12(2,3)6-16/h4-5,14,16H,6H2,1-3H3. The molecule has 0 aliphatic rings. The fraction of sp³-hybridized carbons (Fsp3) is 0.417. The van der Waals surface area contributed by atoms with E-state index in [1.54, 1.807) is 13.8 Å². The number of hydrogen-bond donors (Lipinski definition) is 2. The van der Waals surface area contributed by atoms with Crippen molar-refractivity contribution in [3.63, 3.8) is 0 Å². The highest BCUT2D eigenvalue weighted by Gasteiger charge is 2.25. The lowest BCUT2D eigenvalue weighted by molar-refractivity contribution is -0.384. The predicted octanol–water partition coefficient (Wildman–Crippen LogP) is 2.74. The van der Waals surface area contributed by atoms with Crippen molar-refractivity contribution in [2.75, 3.05) is 11.9 Å². The van der Waals surface area contributed by atoms with Crippen molar-refractivity contribution in [3.05, 3.63) is 32.3 Å². The summed E-state index contributed by atoms with van der Waals surface area (Å²) < 4.78 is 0.411. The minimum Gasteiger partial charge on any atom is -0.394 e. The lowest BCUT2D eigenvalue weighted by Crippen LogP contribution is -2.35. The monoisotopic (exact) mass is 330 g/mol. The van der Waals surface area contributed by atoms with E-state index in [2.05, 4.69) is 21.2 Å². The summed E-state index contributed by atoms with van der Waals surface area (Å²) in [5.41, 5.74) is -0.425. The first-order valence-electron chi connectivity index (χ1n) is 5.56. The zero-order valence-electron chi connectivity index (χ0n) is 10.9. The number of nitrogens with zero attached hydrogens (tertiary/aromatic N) is 1. The van der Waals surface area contributed by atoms with Crippen LogP contribution < -0.4 is 5.32 Å². The van der Waals surface area contributed by atoms with Crippen LogP contribution in [-0.4, -0.2) is 28.0 Å². The molecule has 104 valence electrons. The van der Waals surface area contributed by atoms with Gasteiger partial charge in [-0.1, -0.05) is 0 Å². The molecule has 0 spiro atoms. The van der Waals surface area contributed by atoms with Gasteiger partial charge in [-0.15, -0.1) is 0 Å². The van der Waals surface area contributed by atoms with Crippen LogP contribution >= 0.6 is 15.9 Å². The Hall–Kier alpha value is -1.47. The van der Waals surface area contributed by atoms with E-state index >= 15 is 0 Å². The molecular formula is C12H15BrN2O4. The van der Waals surface area contributed by atoms with Crippen molar-refractivity contribution in [3.8, 4) is 0 Å². The van der Waals surface area contributed by atoms with Gasteiger partial charge < -0.3 is 10.4 Å². The van der Waals surface area contributed by atoms with E-state index in [0.29, 0.717) is 4.47 Å². The Bertz CT molecular complexity index is 529. The first kappa shape index (κ1) is 15.6. The summed E-state index contributed by atoms with van der Waals surface area (Å²) in [6.07, 6.45) is 0. The molecule has 1 aromatic rings. The Morgan fingerprint density at radius 2 is 2.11 bits per heavy atom. The number of rotatable bonds is 5. The number of anilines is 1. The Kier molecular flexibility index (Phi) is 4.65. The van der Waals surface area contributed by atoms with Crippen LogP contribution in [0.25, 0.3) is 0 Å². The fourth-order valence-electron chi connectivity index (χ4n) is 1.44. The number of benzene rings is 1. The quantitative estimate of drug-likeness (QED) is 0.492. The Balaban J connectivity index is 3.38. The molecular weight excluding hydrogens is 316 g/mol. The topological polar surface area (TPSA) is 92.5 Å². The van der Waals surface area contributed by atoms with Crippen molar-refractivity contribution in [1.29, 1.82) is 0 Å². The number of carbonyl (C=O) groups is 1. The van der Waals surface area contributed by atoms with Crippen molar-refractivity contribution in [1.82, 2.24) is 0 Å². The molecule has 0 saturated heterocycles. The van der Waals surface area contributed by atoms with Gasteiger partial charge in [0.25, 0.3) is 5.69 Å². The number of ketones is 1. The Labute approximate surface area is 119 Å². The molecule has 0 amide bonds. The Morgan fingerprint density at radius 3 is 2.53 bits per heavy atom. The predicted molar refractivity (Wildman–Crippen MR) is 75.6 cm³/mol. The smallest absolute Gasteiger partial charge is 0.294 e. The van der Waals surface area contributed by atoms with Gasteiger partial charge in [0.05, 0.1) is 17.1 Å². The number of nitro benzene ring substituents is 1. The zero-order chi connectivity index (χ0) is 14.8. The molecule has 7 heteroatoms. The molecule has 1 rings (SSSR count). The van der Waals surface area contributed by atoms with Gasteiger partial charge >= 0.3 is 0 Å². The van der Waals surface area contributed by atoms with Crippen molar-refractivity contribution >= 4 is 33.1 Å². The van der Waals surface area contributed by atoms with Crippen LogP contribution in [-0.2, 0) is 0 Å². The lowest BCUT2D eigenvalue weighted by Gasteiger charge is -2.25. The second-order valence-electron chi connectivity index (χ2n) is 4.83. The van der Waals surface area contributed by atoms with E-state index in [9.17, 15) is 20.0 Å². The minimum absolute atomic E-state index is 0.189. The highest BCUT2D eigenvalue weighted by molar-refractivity contribution is 9.10. The molecule has 0 unspecified atom stereocenters. The maximum absolute atomic E-state index is 11.3. The van der Waals surface area contributed by atoms with Gasteiger partial charge in [0.1, 0.15) is 5.69 Å². The molecule has 0 fully saturated rings. The second kappa shape index (κ2) is 5.66. The number of hydrogen-bond acceptors (Lipinski definition) is 5.